The predicted octanol–water partition coefficient (Wildman–Crippen LogP) is 3.54. The molecule has 2 aromatic carbocycles. The minimum Gasteiger partial charge on any atom is -0.321 e. The van der Waals surface area contributed by atoms with E-state index in [1.54, 1.807) is 24.3 Å². The highest BCUT2D eigenvalue weighted by Crippen LogP contribution is 2.21. The lowest BCUT2D eigenvalue weighted by Gasteiger charge is -2.07. The molecule has 1 N–H and O–H groups in total. The molecule has 0 fully saturated rings. The normalized spacial score (nSPS) is 11.7. The Kier molecular flexibility index (Phi) is 5.46. The summed E-state index contributed by atoms with van der Waals surface area (Å²) in [7, 11) is -3.44. The van der Waals surface area contributed by atoms with Crippen LogP contribution >= 0.6 is 0 Å². The lowest BCUT2D eigenvalue weighted by molar-refractivity contribution is -0.111. The first-order valence-electron chi connectivity index (χ1n) is 8.67. The molecule has 3 rings (SSSR count). The maximum absolute atomic E-state index is 12.3. The third-order valence-electron chi connectivity index (χ3n) is 4.29. The Morgan fingerprint density at radius 2 is 1.68 bits per heavy atom. The second-order valence-electron chi connectivity index (χ2n) is 6.42. The molecule has 0 atom stereocenters. The molecule has 0 spiro atoms. The number of hydrogen-bond acceptors (Lipinski definition) is 4. The summed E-state index contributed by atoms with van der Waals surface area (Å²) in [5, 5.41) is 7.18. The van der Waals surface area contributed by atoms with Gasteiger partial charge in [0.1, 0.15) is 0 Å². The van der Waals surface area contributed by atoms with Crippen molar-refractivity contribution >= 4 is 27.5 Å². The molecule has 3 aromatic rings. The van der Waals surface area contributed by atoms with Crippen LogP contribution in [-0.4, -0.2) is 30.4 Å². The molecule has 6 nitrogen and oxygen atoms in total. The van der Waals surface area contributed by atoms with E-state index in [1.807, 2.05) is 48.9 Å². The van der Waals surface area contributed by atoms with E-state index in [0.717, 1.165) is 28.9 Å². The Morgan fingerprint density at radius 1 is 1.04 bits per heavy atom. The maximum Gasteiger partial charge on any atom is 0.248 e. The van der Waals surface area contributed by atoms with Crippen LogP contribution in [0.15, 0.2) is 65.6 Å². The van der Waals surface area contributed by atoms with E-state index in [2.05, 4.69) is 10.4 Å². The van der Waals surface area contributed by atoms with Gasteiger partial charge in [-0.1, -0.05) is 30.3 Å². The fraction of sp³-hybridized carbons (Fsp3) is 0.143. The Balaban J connectivity index is 1.84. The van der Waals surface area contributed by atoms with E-state index in [-0.39, 0.29) is 10.6 Å². The number of amides is 1. The summed E-state index contributed by atoms with van der Waals surface area (Å²) in [4.78, 5) is 12.4. The van der Waals surface area contributed by atoms with E-state index >= 15 is 0 Å². The van der Waals surface area contributed by atoms with Gasteiger partial charge in [0.05, 0.1) is 22.0 Å². The highest BCUT2D eigenvalue weighted by molar-refractivity contribution is 7.90. The molecule has 0 saturated heterocycles. The van der Waals surface area contributed by atoms with E-state index in [4.69, 9.17) is 0 Å². The minimum atomic E-state index is -3.44. The number of nitrogens with one attached hydrogen (secondary N) is 1. The Morgan fingerprint density at radius 3 is 2.36 bits per heavy atom. The van der Waals surface area contributed by atoms with Crippen LogP contribution in [0.25, 0.3) is 11.8 Å². The molecule has 1 amide bonds. The van der Waals surface area contributed by atoms with Crippen LogP contribution < -0.4 is 5.32 Å². The molecular weight excluding hydrogens is 374 g/mol. The molecule has 1 heterocycles. The van der Waals surface area contributed by atoms with Crippen LogP contribution in [0, 0.1) is 13.8 Å². The van der Waals surface area contributed by atoms with Crippen molar-refractivity contribution in [2.24, 2.45) is 0 Å². The fourth-order valence-corrected chi connectivity index (χ4v) is 3.79. The first kappa shape index (κ1) is 19.6. The number of nitrogens with zero attached hydrogens (tertiary/aromatic N) is 2. The van der Waals surface area contributed by atoms with Gasteiger partial charge in [0.2, 0.25) is 5.91 Å². The van der Waals surface area contributed by atoms with Gasteiger partial charge < -0.3 is 5.32 Å². The SMILES string of the molecule is Cc1nn(-c2ccccc2)c(C)c1/C=C/C(=O)Nc1ccccc1S(C)(=O)=O. The summed E-state index contributed by atoms with van der Waals surface area (Å²) >= 11 is 0. The molecule has 0 unspecified atom stereocenters. The van der Waals surface area contributed by atoms with E-state index in [9.17, 15) is 13.2 Å². The molecule has 1 aromatic heterocycles. The predicted molar refractivity (Wildman–Crippen MR) is 110 cm³/mol. The van der Waals surface area contributed by atoms with Crippen molar-refractivity contribution in [2.45, 2.75) is 18.7 Å². The first-order chi connectivity index (χ1) is 13.3. The zero-order chi connectivity index (χ0) is 20.3. The van der Waals surface area contributed by atoms with Crippen molar-refractivity contribution in [3.63, 3.8) is 0 Å². The molecular formula is C21H21N3O3S. The van der Waals surface area contributed by atoms with Gasteiger partial charge in [-0.05, 0) is 44.2 Å². The van der Waals surface area contributed by atoms with Gasteiger partial charge in [-0.15, -0.1) is 0 Å². The lowest BCUT2D eigenvalue weighted by Crippen LogP contribution is -2.11. The van der Waals surface area contributed by atoms with Gasteiger partial charge in [0.15, 0.2) is 9.84 Å². The number of aryl methyl sites for hydroxylation is 1. The highest BCUT2D eigenvalue weighted by atomic mass is 32.2. The molecule has 0 aliphatic rings. The molecule has 7 heteroatoms. The van der Waals surface area contributed by atoms with Gasteiger partial charge in [-0.3, -0.25) is 4.79 Å². The average molecular weight is 395 g/mol. The molecule has 0 saturated carbocycles. The van der Waals surface area contributed by atoms with Gasteiger partial charge in [-0.25, -0.2) is 13.1 Å². The summed E-state index contributed by atoms with van der Waals surface area (Å²) in [6, 6.07) is 16.1. The van der Waals surface area contributed by atoms with Crippen molar-refractivity contribution in [1.29, 1.82) is 0 Å². The number of hydrogen-bond donors (Lipinski definition) is 1. The number of para-hydroxylation sites is 2. The van der Waals surface area contributed by atoms with Gasteiger partial charge in [0.25, 0.3) is 0 Å². The number of aromatic nitrogens is 2. The second-order valence-corrected chi connectivity index (χ2v) is 8.41. The van der Waals surface area contributed by atoms with Crippen molar-refractivity contribution in [2.75, 3.05) is 11.6 Å². The van der Waals surface area contributed by atoms with Gasteiger partial charge in [-0.2, -0.15) is 5.10 Å². The Labute approximate surface area is 164 Å². The van der Waals surface area contributed by atoms with Crippen molar-refractivity contribution in [1.82, 2.24) is 9.78 Å². The maximum atomic E-state index is 12.3. The smallest absolute Gasteiger partial charge is 0.248 e. The fourth-order valence-electron chi connectivity index (χ4n) is 2.94. The number of sulfone groups is 1. The van der Waals surface area contributed by atoms with Crippen LogP contribution in [0.4, 0.5) is 5.69 Å². The molecule has 0 aliphatic carbocycles. The Hall–Kier alpha value is -3.19. The van der Waals surface area contributed by atoms with Crippen LogP contribution in [0.3, 0.4) is 0 Å². The standard InChI is InChI=1S/C21H21N3O3S/c1-15-18(16(2)24(23-15)17-9-5-4-6-10-17)13-14-21(25)22-19-11-7-8-12-20(19)28(3,26)27/h4-14H,1-3H3,(H,22,25)/b14-13+. The monoisotopic (exact) mass is 395 g/mol. The number of rotatable bonds is 5. The van der Waals surface area contributed by atoms with Crippen LogP contribution in [0.5, 0.6) is 0 Å². The first-order valence-corrected chi connectivity index (χ1v) is 10.6. The average Bonchev–Trinajstić information content (AvgIpc) is 2.94. The zero-order valence-electron chi connectivity index (χ0n) is 15.9. The molecule has 0 aliphatic heterocycles. The van der Waals surface area contributed by atoms with Crippen LogP contribution in [-0.2, 0) is 14.6 Å². The van der Waals surface area contributed by atoms with Crippen LogP contribution in [0.2, 0.25) is 0 Å². The summed E-state index contributed by atoms with van der Waals surface area (Å²) in [5.74, 6) is -0.414. The zero-order valence-corrected chi connectivity index (χ0v) is 16.7. The summed E-state index contributed by atoms with van der Waals surface area (Å²) in [5.41, 5.74) is 3.74. The largest absolute Gasteiger partial charge is 0.321 e. The Bertz CT molecular complexity index is 1150. The molecule has 28 heavy (non-hydrogen) atoms. The molecule has 0 bridgehead atoms. The van der Waals surface area contributed by atoms with Gasteiger partial charge in [0, 0.05) is 23.6 Å². The number of anilines is 1. The number of carbonyl (C=O) groups is 1. The molecule has 0 radical (unpaired) electrons. The summed E-state index contributed by atoms with van der Waals surface area (Å²) in [6.45, 7) is 3.81. The van der Waals surface area contributed by atoms with E-state index in [0.29, 0.717) is 0 Å². The number of carbonyl (C=O) groups excluding carboxylic acids is 1. The highest BCUT2D eigenvalue weighted by Gasteiger charge is 2.14. The van der Waals surface area contributed by atoms with Crippen molar-refractivity contribution in [3.8, 4) is 5.69 Å². The lowest BCUT2D eigenvalue weighted by atomic mass is 10.2. The second kappa shape index (κ2) is 7.82. The van der Waals surface area contributed by atoms with E-state index in [1.165, 1.54) is 12.1 Å². The van der Waals surface area contributed by atoms with Crippen LogP contribution in [0.1, 0.15) is 17.0 Å². The van der Waals surface area contributed by atoms with Gasteiger partial charge >= 0.3 is 0 Å². The third kappa shape index (κ3) is 4.20. The van der Waals surface area contributed by atoms with Crippen molar-refractivity contribution < 1.29 is 13.2 Å². The van der Waals surface area contributed by atoms with E-state index < -0.39 is 15.7 Å². The van der Waals surface area contributed by atoms with Crippen molar-refractivity contribution in [3.05, 3.63) is 77.6 Å². The summed E-state index contributed by atoms with van der Waals surface area (Å²) < 4.78 is 25.5. The molecule has 144 valence electrons. The third-order valence-corrected chi connectivity index (χ3v) is 5.45. The quantitative estimate of drug-likeness (QED) is 0.670. The number of benzene rings is 2. The summed E-state index contributed by atoms with van der Waals surface area (Å²) in [6.07, 6.45) is 4.18. The topological polar surface area (TPSA) is 81.1 Å². The minimum absolute atomic E-state index is 0.0843.